The van der Waals surface area contributed by atoms with Crippen LogP contribution in [-0.2, 0) is 11.2 Å². The van der Waals surface area contributed by atoms with E-state index in [4.69, 9.17) is 5.73 Å². The number of carbonyl (C=O) groups is 1. The molecule has 0 heterocycles. The lowest BCUT2D eigenvalue weighted by Gasteiger charge is -2.15. The van der Waals surface area contributed by atoms with Crippen LogP contribution in [0.25, 0.3) is 0 Å². The quantitative estimate of drug-likeness (QED) is 0.786. The molecule has 1 amide bonds. The van der Waals surface area contributed by atoms with Gasteiger partial charge in [-0.25, -0.2) is 0 Å². The summed E-state index contributed by atoms with van der Waals surface area (Å²) in [5, 5.41) is 2.89. The van der Waals surface area contributed by atoms with Crippen LogP contribution in [-0.4, -0.2) is 18.5 Å². The third kappa shape index (κ3) is 4.03. The first kappa shape index (κ1) is 12.7. The third-order valence-electron chi connectivity index (χ3n) is 2.76. The van der Waals surface area contributed by atoms with Crippen molar-refractivity contribution in [3.8, 4) is 0 Å². The predicted molar refractivity (Wildman–Crippen MR) is 66.0 cm³/mol. The van der Waals surface area contributed by atoms with Crippen LogP contribution in [0, 0.1) is 5.92 Å². The molecule has 0 aliphatic rings. The van der Waals surface area contributed by atoms with Gasteiger partial charge in [-0.3, -0.25) is 4.79 Å². The zero-order chi connectivity index (χ0) is 12.0. The van der Waals surface area contributed by atoms with Gasteiger partial charge in [-0.05, 0) is 18.9 Å². The van der Waals surface area contributed by atoms with Gasteiger partial charge in [0.15, 0.2) is 0 Å². The summed E-state index contributed by atoms with van der Waals surface area (Å²) in [5.74, 6) is -0.0956. The van der Waals surface area contributed by atoms with Crippen molar-refractivity contribution in [2.24, 2.45) is 11.7 Å². The van der Waals surface area contributed by atoms with Crippen LogP contribution in [0.5, 0.6) is 0 Å². The van der Waals surface area contributed by atoms with Crippen molar-refractivity contribution in [1.82, 2.24) is 5.32 Å². The lowest BCUT2D eigenvalue weighted by Crippen LogP contribution is -2.39. The zero-order valence-corrected chi connectivity index (χ0v) is 9.94. The average molecular weight is 220 g/mol. The molecule has 16 heavy (non-hydrogen) atoms. The van der Waals surface area contributed by atoms with Crippen LogP contribution in [0.3, 0.4) is 0 Å². The maximum Gasteiger partial charge on any atom is 0.224 e. The Labute approximate surface area is 97.0 Å². The molecule has 3 N–H and O–H groups in total. The van der Waals surface area contributed by atoms with E-state index in [0.717, 1.165) is 6.42 Å². The predicted octanol–water partition coefficient (Wildman–Crippen LogP) is 1.33. The minimum atomic E-state index is -0.129. The summed E-state index contributed by atoms with van der Waals surface area (Å²) < 4.78 is 0. The van der Waals surface area contributed by atoms with Gasteiger partial charge in [0.2, 0.25) is 5.91 Å². The van der Waals surface area contributed by atoms with Gasteiger partial charge in [0.25, 0.3) is 0 Å². The molecular formula is C13H20N2O. The summed E-state index contributed by atoms with van der Waals surface area (Å²) >= 11 is 0. The number of benzene rings is 1. The molecule has 0 aromatic heterocycles. The van der Waals surface area contributed by atoms with Crippen LogP contribution in [0.2, 0.25) is 0 Å². The number of nitrogens with two attached hydrogens (primary N) is 1. The average Bonchev–Trinajstić information content (AvgIpc) is 2.29. The third-order valence-corrected chi connectivity index (χ3v) is 2.76. The number of nitrogens with one attached hydrogen (secondary N) is 1. The number of hydrogen-bond donors (Lipinski definition) is 2. The number of amides is 1. The Morgan fingerprint density at radius 1 is 1.31 bits per heavy atom. The van der Waals surface area contributed by atoms with Crippen molar-refractivity contribution < 1.29 is 4.79 Å². The Morgan fingerprint density at radius 2 is 1.94 bits per heavy atom. The van der Waals surface area contributed by atoms with E-state index < -0.39 is 0 Å². The fourth-order valence-electron chi connectivity index (χ4n) is 1.37. The summed E-state index contributed by atoms with van der Waals surface area (Å²) in [5.41, 5.74) is 6.89. The monoisotopic (exact) mass is 220 g/mol. The fourth-order valence-corrected chi connectivity index (χ4v) is 1.37. The van der Waals surface area contributed by atoms with Gasteiger partial charge in [0.05, 0.1) is 0 Å². The highest BCUT2D eigenvalue weighted by molar-refractivity contribution is 5.78. The molecule has 0 aliphatic heterocycles. The van der Waals surface area contributed by atoms with Gasteiger partial charge in [0, 0.05) is 18.5 Å². The lowest BCUT2D eigenvalue weighted by atomic mass is 10.0. The summed E-state index contributed by atoms with van der Waals surface area (Å²) in [7, 11) is 0. The molecule has 0 saturated heterocycles. The zero-order valence-electron chi connectivity index (χ0n) is 9.94. The Morgan fingerprint density at radius 3 is 2.50 bits per heavy atom. The van der Waals surface area contributed by atoms with E-state index in [1.54, 1.807) is 0 Å². The second kappa shape index (κ2) is 6.28. The van der Waals surface area contributed by atoms with E-state index in [1.807, 2.05) is 32.0 Å². The normalized spacial score (nSPS) is 14.2. The molecule has 3 nitrogen and oxygen atoms in total. The summed E-state index contributed by atoms with van der Waals surface area (Å²) in [6.45, 7) is 4.36. The maximum atomic E-state index is 11.6. The van der Waals surface area contributed by atoms with Gasteiger partial charge < -0.3 is 11.1 Å². The van der Waals surface area contributed by atoms with Gasteiger partial charge >= 0.3 is 0 Å². The highest BCUT2D eigenvalue weighted by atomic mass is 16.1. The fraction of sp³-hybridized carbons (Fsp3) is 0.462. The first-order chi connectivity index (χ1) is 7.61. The Kier molecular flexibility index (Phi) is 4.99. The van der Waals surface area contributed by atoms with Crippen LogP contribution in [0.15, 0.2) is 30.3 Å². The summed E-state index contributed by atoms with van der Waals surface area (Å²) in [6, 6.07) is 10.0. The molecule has 88 valence electrons. The minimum absolute atomic E-state index is 0.0333. The number of rotatable bonds is 5. The Balaban J connectivity index is 2.28. The molecule has 2 unspecified atom stereocenters. The van der Waals surface area contributed by atoms with Crippen molar-refractivity contribution >= 4 is 5.91 Å². The van der Waals surface area contributed by atoms with E-state index >= 15 is 0 Å². The van der Waals surface area contributed by atoms with Crippen molar-refractivity contribution in [3.63, 3.8) is 0 Å². The summed E-state index contributed by atoms with van der Waals surface area (Å²) in [4.78, 5) is 11.6. The second-order valence-corrected chi connectivity index (χ2v) is 4.17. The highest BCUT2D eigenvalue weighted by Gasteiger charge is 2.15. The van der Waals surface area contributed by atoms with Crippen LogP contribution in [0.4, 0.5) is 0 Å². The molecular weight excluding hydrogens is 200 g/mol. The molecule has 2 atom stereocenters. The molecule has 1 rings (SSSR count). The standard InChI is InChI=1S/C13H20N2O/c1-10(11(2)14)13(16)15-9-8-12-6-4-3-5-7-12/h3-7,10-11H,8-9,14H2,1-2H3,(H,15,16). The SMILES string of the molecule is CC(N)C(C)C(=O)NCCc1ccccc1. The topological polar surface area (TPSA) is 55.1 Å². The molecule has 0 spiro atoms. The molecule has 0 bridgehead atoms. The second-order valence-electron chi connectivity index (χ2n) is 4.17. The molecule has 1 aromatic rings. The molecule has 0 fully saturated rings. The number of carbonyl (C=O) groups excluding carboxylic acids is 1. The van der Waals surface area contributed by atoms with Gasteiger partial charge in [-0.1, -0.05) is 37.3 Å². The van der Waals surface area contributed by atoms with Gasteiger partial charge in [-0.2, -0.15) is 0 Å². The molecule has 3 heteroatoms. The van der Waals surface area contributed by atoms with Gasteiger partial charge in [0.1, 0.15) is 0 Å². The van der Waals surface area contributed by atoms with E-state index in [1.165, 1.54) is 5.56 Å². The van der Waals surface area contributed by atoms with E-state index in [2.05, 4.69) is 17.4 Å². The van der Waals surface area contributed by atoms with Crippen molar-refractivity contribution in [3.05, 3.63) is 35.9 Å². The smallest absolute Gasteiger partial charge is 0.224 e. The first-order valence-corrected chi connectivity index (χ1v) is 5.68. The van der Waals surface area contributed by atoms with E-state index in [9.17, 15) is 4.79 Å². The Bertz CT molecular complexity index is 322. The first-order valence-electron chi connectivity index (χ1n) is 5.68. The maximum absolute atomic E-state index is 11.6. The number of hydrogen-bond acceptors (Lipinski definition) is 2. The molecule has 0 saturated carbocycles. The van der Waals surface area contributed by atoms with E-state index in [-0.39, 0.29) is 17.9 Å². The highest BCUT2D eigenvalue weighted by Crippen LogP contribution is 2.01. The summed E-state index contributed by atoms with van der Waals surface area (Å²) in [6.07, 6.45) is 0.859. The molecule has 0 radical (unpaired) electrons. The minimum Gasteiger partial charge on any atom is -0.355 e. The van der Waals surface area contributed by atoms with Crippen LogP contribution < -0.4 is 11.1 Å². The lowest BCUT2D eigenvalue weighted by molar-refractivity contribution is -0.124. The Hall–Kier alpha value is -1.35. The van der Waals surface area contributed by atoms with E-state index in [0.29, 0.717) is 6.54 Å². The van der Waals surface area contributed by atoms with Crippen LogP contribution >= 0.6 is 0 Å². The molecule has 1 aromatic carbocycles. The molecule has 0 aliphatic carbocycles. The van der Waals surface area contributed by atoms with Gasteiger partial charge in [-0.15, -0.1) is 0 Å². The van der Waals surface area contributed by atoms with Crippen molar-refractivity contribution in [2.45, 2.75) is 26.3 Å². The largest absolute Gasteiger partial charge is 0.355 e. The van der Waals surface area contributed by atoms with Crippen molar-refractivity contribution in [1.29, 1.82) is 0 Å². The van der Waals surface area contributed by atoms with Crippen LogP contribution in [0.1, 0.15) is 19.4 Å². The van der Waals surface area contributed by atoms with Crippen molar-refractivity contribution in [2.75, 3.05) is 6.54 Å².